The number of nitrogens with zero attached hydrogens (tertiary/aromatic N) is 6. The molecule has 3 amide bonds. The lowest BCUT2D eigenvalue weighted by atomic mass is 9.98. The van der Waals surface area contributed by atoms with Crippen molar-refractivity contribution in [1.82, 2.24) is 10.0 Å². The molecule has 3 aromatic rings. The number of imide groups is 1. The summed E-state index contributed by atoms with van der Waals surface area (Å²) in [5, 5.41) is 15.7. The largest absolute Gasteiger partial charge is 0.271 e. The summed E-state index contributed by atoms with van der Waals surface area (Å²) in [5.41, 5.74) is 4.92. The smallest absolute Gasteiger partial charge is 0.264 e. The van der Waals surface area contributed by atoms with E-state index in [2.05, 4.69) is 10.3 Å². The number of hydrogen-bond donors (Lipinski definition) is 0. The Balaban J connectivity index is 1.27. The van der Waals surface area contributed by atoms with Gasteiger partial charge in [0.2, 0.25) is 0 Å². The summed E-state index contributed by atoms with van der Waals surface area (Å²) < 4.78 is 0. The van der Waals surface area contributed by atoms with Crippen LogP contribution in [-0.2, 0) is 14.4 Å². The first-order valence-corrected chi connectivity index (χ1v) is 12.6. The molecule has 0 saturated carbocycles. The molecule has 38 heavy (non-hydrogen) atoms. The van der Waals surface area contributed by atoms with Crippen molar-refractivity contribution in [2.75, 3.05) is 11.4 Å². The van der Waals surface area contributed by atoms with Gasteiger partial charge in [0.05, 0.1) is 17.4 Å². The molecule has 9 nitrogen and oxygen atoms in total. The molecular weight excluding hydrogens is 480 g/mol. The number of anilines is 1. The lowest BCUT2D eigenvalue weighted by Gasteiger charge is -2.26. The van der Waals surface area contributed by atoms with Gasteiger partial charge in [-0.2, -0.15) is 10.2 Å². The predicted octanol–water partition coefficient (Wildman–Crippen LogP) is 3.97. The molecular formula is C29H26N6O3. The number of aryl methyl sites for hydroxylation is 2. The monoisotopic (exact) mass is 506 g/mol. The van der Waals surface area contributed by atoms with Gasteiger partial charge in [0.15, 0.2) is 12.1 Å². The van der Waals surface area contributed by atoms with Crippen LogP contribution in [-0.4, -0.2) is 52.1 Å². The highest BCUT2D eigenvalue weighted by atomic mass is 16.2. The molecule has 1 fully saturated rings. The third-order valence-electron chi connectivity index (χ3n) is 7.28. The minimum atomic E-state index is -0.971. The maximum Gasteiger partial charge on any atom is 0.264 e. The Bertz CT molecular complexity index is 1470. The second-order valence-corrected chi connectivity index (χ2v) is 9.73. The number of rotatable bonds is 5. The van der Waals surface area contributed by atoms with E-state index in [-0.39, 0.29) is 18.5 Å². The number of para-hydroxylation sites is 1. The summed E-state index contributed by atoms with van der Waals surface area (Å²) in [6.45, 7) is 3.50. The van der Waals surface area contributed by atoms with Gasteiger partial charge in [0.25, 0.3) is 17.7 Å². The lowest BCUT2D eigenvalue weighted by molar-refractivity contribution is -0.135. The van der Waals surface area contributed by atoms with Crippen LogP contribution in [0.4, 0.5) is 5.69 Å². The molecule has 0 unspecified atom stereocenters. The minimum Gasteiger partial charge on any atom is -0.271 e. The molecule has 3 aliphatic rings. The second kappa shape index (κ2) is 9.33. The quantitative estimate of drug-likeness (QED) is 0.489. The van der Waals surface area contributed by atoms with Gasteiger partial charge in [0, 0.05) is 6.42 Å². The second-order valence-electron chi connectivity index (χ2n) is 9.73. The first-order valence-electron chi connectivity index (χ1n) is 12.6. The van der Waals surface area contributed by atoms with Crippen LogP contribution in [0.1, 0.15) is 34.7 Å². The molecule has 3 atom stereocenters. The number of hydrogen-bond acceptors (Lipinski definition) is 7. The van der Waals surface area contributed by atoms with Crippen LogP contribution in [0.2, 0.25) is 0 Å². The van der Waals surface area contributed by atoms with Crippen molar-refractivity contribution in [3.8, 4) is 0 Å². The fraction of sp³-hybridized carbons (Fsp3) is 0.241. The van der Waals surface area contributed by atoms with Crippen LogP contribution >= 0.6 is 0 Å². The van der Waals surface area contributed by atoms with Crippen LogP contribution in [0, 0.1) is 13.8 Å². The predicted molar refractivity (Wildman–Crippen MR) is 141 cm³/mol. The van der Waals surface area contributed by atoms with Crippen molar-refractivity contribution in [2.24, 2.45) is 15.4 Å². The van der Waals surface area contributed by atoms with Crippen molar-refractivity contribution in [2.45, 2.75) is 38.4 Å². The summed E-state index contributed by atoms with van der Waals surface area (Å²) in [5.74, 6) is -1.18. The highest BCUT2D eigenvalue weighted by Gasteiger charge is 2.55. The number of carbonyl (C=O) groups excluding carboxylic acids is 3. The van der Waals surface area contributed by atoms with Crippen molar-refractivity contribution >= 4 is 29.1 Å². The van der Waals surface area contributed by atoms with Crippen molar-refractivity contribution in [1.29, 1.82) is 0 Å². The summed E-state index contributed by atoms with van der Waals surface area (Å²) in [4.78, 5) is 41.6. The molecule has 6 rings (SSSR count). The van der Waals surface area contributed by atoms with Gasteiger partial charge < -0.3 is 0 Å². The number of amides is 3. The molecule has 3 heterocycles. The molecule has 0 aliphatic carbocycles. The SMILES string of the molecule is Cc1cccc(C)c1N1C(=O)[C@H]2N=NN(CC(=O)N3N=C(c4ccccc4)C[C@H]3c3ccccc3)[C@@H]2C1=O. The van der Waals surface area contributed by atoms with E-state index in [1.165, 1.54) is 14.9 Å². The van der Waals surface area contributed by atoms with Crippen LogP contribution in [0.3, 0.4) is 0 Å². The number of benzene rings is 3. The summed E-state index contributed by atoms with van der Waals surface area (Å²) >= 11 is 0. The number of carbonyl (C=O) groups is 3. The zero-order valence-corrected chi connectivity index (χ0v) is 21.1. The maximum absolute atomic E-state index is 13.7. The fourth-order valence-electron chi connectivity index (χ4n) is 5.42. The van der Waals surface area contributed by atoms with Crippen LogP contribution in [0.5, 0.6) is 0 Å². The fourth-order valence-corrected chi connectivity index (χ4v) is 5.42. The van der Waals surface area contributed by atoms with E-state index in [0.29, 0.717) is 12.1 Å². The molecule has 190 valence electrons. The van der Waals surface area contributed by atoms with E-state index in [4.69, 9.17) is 5.10 Å². The van der Waals surface area contributed by atoms with Crippen molar-refractivity contribution < 1.29 is 14.4 Å². The summed E-state index contributed by atoms with van der Waals surface area (Å²) in [7, 11) is 0. The normalized spacial score (nSPS) is 22.3. The first kappa shape index (κ1) is 23.7. The Kier molecular flexibility index (Phi) is 5.83. The maximum atomic E-state index is 13.7. The topological polar surface area (TPSA) is 98.0 Å². The van der Waals surface area contributed by atoms with Gasteiger partial charge in [0.1, 0.15) is 6.54 Å². The van der Waals surface area contributed by atoms with Gasteiger partial charge in [-0.25, -0.2) is 9.91 Å². The van der Waals surface area contributed by atoms with E-state index in [1.54, 1.807) is 0 Å². The molecule has 0 bridgehead atoms. The number of hydrazone groups is 1. The molecule has 0 spiro atoms. The molecule has 9 heteroatoms. The molecule has 3 aromatic carbocycles. The van der Waals surface area contributed by atoms with Crippen LogP contribution in [0.15, 0.2) is 94.3 Å². The van der Waals surface area contributed by atoms with E-state index in [0.717, 1.165) is 28.0 Å². The lowest BCUT2D eigenvalue weighted by Crippen LogP contribution is -2.45. The highest BCUT2D eigenvalue weighted by molar-refractivity contribution is 6.26. The molecule has 3 aliphatic heterocycles. The van der Waals surface area contributed by atoms with E-state index in [9.17, 15) is 14.4 Å². The van der Waals surface area contributed by atoms with E-state index in [1.807, 2.05) is 92.7 Å². The Morgan fingerprint density at radius 3 is 2.21 bits per heavy atom. The molecule has 1 saturated heterocycles. The van der Waals surface area contributed by atoms with Crippen LogP contribution in [0.25, 0.3) is 0 Å². The molecule has 0 N–H and O–H groups in total. The average Bonchev–Trinajstić information content (AvgIpc) is 3.62. The zero-order chi connectivity index (χ0) is 26.4. The van der Waals surface area contributed by atoms with E-state index < -0.39 is 23.9 Å². The van der Waals surface area contributed by atoms with Gasteiger partial charge in [-0.05, 0) is 36.1 Å². The average molecular weight is 507 g/mol. The Morgan fingerprint density at radius 1 is 0.868 bits per heavy atom. The van der Waals surface area contributed by atoms with Crippen molar-refractivity contribution in [3.05, 3.63) is 101 Å². The third kappa shape index (κ3) is 3.87. The Morgan fingerprint density at radius 2 is 1.53 bits per heavy atom. The number of fused-ring (bicyclic) bond motifs is 1. The van der Waals surface area contributed by atoms with Crippen molar-refractivity contribution in [3.63, 3.8) is 0 Å². The highest BCUT2D eigenvalue weighted by Crippen LogP contribution is 2.36. The Hall–Kier alpha value is -4.66. The van der Waals surface area contributed by atoms with Gasteiger partial charge in [-0.3, -0.25) is 19.4 Å². The summed E-state index contributed by atoms with van der Waals surface area (Å²) in [6.07, 6.45) is 0.561. The summed E-state index contributed by atoms with van der Waals surface area (Å²) in [6, 6.07) is 22.9. The standard InChI is InChI=1S/C29H26N6O3/c1-18-10-9-11-19(2)26(18)34-28(37)25-27(29(34)38)33(32-30-25)17-24(36)35-23(21-14-7-4-8-15-21)16-22(31-35)20-12-5-3-6-13-20/h3-15,23,25,27H,16-17H2,1-2H3/t23-,25-,27-/m0/s1. The minimum absolute atomic E-state index is 0.223. The molecule has 0 radical (unpaired) electrons. The zero-order valence-electron chi connectivity index (χ0n) is 21.1. The van der Waals surface area contributed by atoms with Gasteiger partial charge >= 0.3 is 0 Å². The van der Waals surface area contributed by atoms with E-state index >= 15 is 0 Å². The Labute approximate surface area is 220 Å². The third-order valence-corrected chi connectivity index (χ3v) is 7.28. The van der Waals surface area contributed by atoms with Gasteiger partial charge in [-0.1, -0.05) is 84.1 Å². The van der Waals surface area contributed by atoms with Crippen LogP contribution < -0.4 is 4.90 Å². The first-order chi connectivity index (χ1) is 18.4. The van der Waals surface area contributed by atoms with Gasteiger partial charge in [-0.15, -0.1) is 0 Å². The molecule has 0 aromatic heterocycles.